The molecule has 3 nitrogen and oxygen atoms in total. The molecule has 6 heteroatoms. The van der Waals surface area contributed by atoms with Crippen molar-refractivity contribution >= 4 is 11.6 Å². The Kier molecular flexibility index (Phi) is 5.61. The number of alkyl halides is 3. The van der Waals surface area contributed by atoms with Gasteiger partial charge in [0.2, 0.25) is 5.91 Å². The van der Waals surface area contributed by atoms with Gasteiger partial charge in [-0.3, -0.25) is 9.69 Å². The molecule has 1 aliphatic rings. The fraction of sp³-hybridized carbons (Fsp3) is 0.350. The summed E-state index contributed by atoms with van der Waals surface area (Å²) in [5.41, 5.74) is 2.51. The Morgan fingerprint density at radius 2 is 1.77 bits per heavy atom. The summed E-state index contributed by atoms with van der Waals surface area (Å²) in [4.78, 5) is 14.0. The zero-order valence-electron chi connectivity index (χ0n) is 14.3. The van der Waals surface area contributed by atoms with Crippen LogP contribution in [0.25, 0.3) is 11.1 Å². The molecular weight excluding hydrogens is 341 g/mol. The Labute approximate surface area is 150 Å². The van der Waals surface area contributed by atoms with Crippen LogP contribution < -0.4 is 5.32 Å². The molecule has 26 heavy (non-hydrogen) atoms. The van der Waals surface area contributed by atoms with E-state index < -0.39 is 12.1 Å². The second-order valence-electron chi connectivity index (χ2n) is 6.58. The van der Waals surface area contributed by atoms with Crippen molar-refractivity contribution in [3.63, 3.8) is 0 Å². The van der Waals surface area contributed by atoms with E-state index in [1.54, 1.807) is 11.0 Å². The molecule has 0 aliphatic carbocycles. The summed E-state index contributed by atoms with van der Waals surface area (Å²) in [7, 11) is 0. The number of benzene rings is 2. The summed E-state index contributed by atoms with van der Waals surface area (Å²) in [5, 5.41) is 2.85. The lowest BCUT2D eigenvalue weighted by molar-refractivity contribution is -0.186. The highest BCUT2D eigenvalue weighted by atomic mass is 19.4. The monoisotopic (exact) mass is 362 g/mol. The predicted octanol–water partition coefficient (Wildman–Crippen LogP) is 4.57. The summed E-state index contributed by atoms with van der Waals surface area (Å²) >= 11 is 0. The molecule has 1 aliphatic heterocycles. The minimum Gasteiger partial charge on any atom is -0.324 e. The lowest BCUT2D eigenvalue weighted by atomic mass is 9.97. The normalized spacial score (nSPS) is 18.5. The fourth-order valence-electron chi connectivity index (χ4n) is 3.32. The van der Waals surface area contributed by atoms with E-state index in [1.165, 1.54) is 0 Å². The van der Waals surface area contributed by atoms with Crippen LogP contribution in [0.15, 0.2) is 54.6 Å². The molecule has 0 bridgehead atoms. The molecule has 1 heterocycles. The first kappa shape index (κ1) is 18.5. The topological polar surface area (TPSA) is 32.3 Å². The number of carbonyl (C=O) groups excluding carboxylic acids is 1. The summed E-state index contributed by atoms with van der Waals surface area (Å²) in [6, 6.07) is 17.1. The number of likely N-dealkylation sites (tertiary alicyclic amines) is 1. The minimum absolute atomic E-state index is 0.0320. The Bertz CT molecular complexity index is 746. The summed E-state index contributed by atoms with van der Waals surface area (Å²) in [6.45, 7) is 0.368. The maximum Gasteiger partial charge on any atom is 0.393 e. The van der Waals surface area contributed by atoms with Crippen molar-refractivity contribution in [3.8, 4) is 11.1 Å². The van der Waals surface area contributed by atoms with Crippen molar-refractivity contribution in [2.75, 3.05) is 25.0 Å². The van der Waals surface area contributed by atoms with E-state index >= 15 is 0 Å². The number of hydrogen-bond acceptors (Lipinski definition) is 2. The highest BCUT2D eigenvalue weighted by Crippen LogP contribution is 2.33. The van der Waals surface area contributed by atoms with Gasteiger partial charge < -0.3 is 5.32 Å². The Morgan fingerprint density at radius 1 is 1.08 bits per heavy atom. The second kappa shape index (κ2) is 7.91. The van der Waals surface area contributed by atoms with Crippen molar-refractivity contribution in [1.29, 1.82) is 0 Å². The number of amides is 1. The van der Waals surface area contributed by atoms with Gasteiger partial charge in [0, 0.05) is 17.8 Å². The zero-order valence-corrected chi connectivity index (χ0v) is 14.3. The first-order valence-corrected chi connectivity index (χ1v) is 8.67. The van der Waals surface area contributed by atoms with Gasteiger partial charge in [0.1, 0.15) is 0 Å². The molecule has 3 rings (SSSR count). The molecule has 1 saturated heterocycles. The van der Waals surface area contributed by atoms with Gasteiger partial charge in [0.25, 0.3) is 0 Å². The molecule has 138 valence electrons. The first-order chi connectivity index (χ1) is 12.4. The van der Waals surface area contributed by atoms with Crippen LogP contribution in [-0.2, 0) is 4.79 Å². The maximum absolute atomic E-state index is 12.9. The number of carbonyl (C=O) groups is 1. The average molecular weight is 362 g/mol. The molecule has 0 aromatic heterocycles. The van der Waals surface area contributed by atoms with Gasteiger partial charge in [0.05, 0.1) is 12.5 Å². The van der Waals surface area contributed by atoms with E-state index in [0.29, 0.717) is 18.7 Å². The third-order valence-corrected chi connectivity index (χ3v) is 4.62. The van der Waals surface area contributed by atoms with E-state index in [2.05, 4.69) is 5.32 Å². The van der Waals surface area contributed by atoms with Crippen LogP contribution in [0.3, 0.4) is 0 Å². The van der Waals surface area contributed by atoms with Gasteiger partial charge in [-0.15, -0.1) is 0 Å². The molecule has 1 N–H and O–H groups in total. The average Bonchev–Trinajstić information content (AvgIpc) is 2.62. The number of halogens is 3. The second-order valence-corrected chi connectivity index (χ2v) is 6.58. The molecule has 2 aromatic rings. The van der Waals surface area contributed by atoms with Crippen molar-refractivity contribution in [2.45, 2.75) is 19.0 Å². The number of hydrogen-bond donors (Lipinski definition) is 1. The van der Waals surface area contributed by atoms with Crippen LogP contribution in [-0.4, -0.2) is 36.6 Å². The Morgan fingerprint density at radius 3 is 2.50 bits per heavy atom. The third-order valence-electron chi connectivity index (χ3n) is 4.62. The Hall–Kier alpha value is -2.34. The van der Waals surface area contributed by atoms with Gasteiger partial charge in [-0.05, 0) is 31.0 Å². The SMILES string of the molecule is O=C(CN1CCCC(C(F)(F)F)C1)Nc1ccccc1-c1ccccc1. The van der Waals surface area contributed by atoms with E-state index in [9.17, 15) is 18.0 Å². The smallest absolute Gasteiger partial charge is 0.324 e. The zero-order chi connectivity index (χ0) is 18.6. The highest BCUT2D eigenvalue weighted by Gasteiger charge is 2.41. The van der Waals surface area contributed by atoms with Crippen molar-refractivity contribution in [2.24, 2.45) is 5.92 Å². The number of nitrogens with one attached hydrogen (secondary N) is 1. The molecule has 0 radical (unpaired) electrons. The predicted molar refractivity (Wildman–Crippen MR) is 95.7 cm³/mol. The third kappa shape index (κ3) is 4.64. The van der Waals surface area contributed by atoms with E-state index in [0.717, 1.165) is 11.1 Å². The lowest BCUT2D eigenvalue weighted by Gasteiger charge is -2.33. The van der Waals surface area contributed by atoms with E-state index in [4.69, 9.17) is 0 Å². The van der Waals surface area contributed by atoms with Crippen molar-refractivity contribution in [3.05, 3.63) is 54.6 Å². The molecular formula is C20H21F3N2O. The molecule has 1 fully saturated rings. The molecule has 2 aromatic carbocycles. The molecule has 1 amide bonds. The standard InChI is InChI=1S/C20H21F3N2O/c21-20(22,23)16-9-6-12-25(13-16)14-19(26)24-18-11-5-4-10-17(18)15-7-2-1-3-8-15/h1-5,7-8,10-11,16H,6,9,12-14H2,(H,24,26). The highest BCUT2D eigenvalue weighted by molar-refractivity contribution is 5.96. The van der Waals surface area contributed by atoms with Crippen molar-refractivity contribution in [1.82, 2.24) is 4.90 Å². The number of piperidine rings is 1. The van der Waals surface area contributed by atoms with Crippen LogP contribution in [0.5, 0.6) is 0 Å². The van der Waals surface area contributed by atoms with Gasteiger partial charge >= 0.3 is 6.18 Å². The number of anilines is 1. The molecule has 0 saturated carbocycles. The lowest BCUT2D eigenvalue weighted by Crippen LogP contribution is -2.44. The van der Waals surface area contributed by atoms with Gasteiger partial charge in [-0.2, -0.15) is 13.2 Å². The number of nitrogens with zero attached hydrogens (tertiary/aromatic N) is 1. The first-order valence-electron chi connectivity index (χ1n) is 8.67. The molecule has 0 spiro atoms. The van der Waals surface area contributed by atoms with Crippen LogP contribution in [0.1, 0.15) is 12.8 Å². The summed E-state index contributed by atoms with van der Waals surface area (Å²) < 4.78 is 38.7. The van der Waals surface area contributed by atoms with Crippen LogP contribution in [0.4, 0.5) is 18.9 Å². The quantitative estimate of drug-likeness (QED) is 0.864. The molecule has 1 unspecified atom stereocenters. The summed E-state index contributed by atoms with van der Waals surface area (Å²) in [5.74, 6) is -1.64. The van der Waals surface area contributed by atoms with Crippen molar-refractivity contribution < 1.29 is 18.0 Å². The van der Waals surface area contributed by atoms with E-state index in [-0.39, 0.29) is 25.4 Å². The number of para-hydroxylation sites is 1. The fourth-order valence-corrected chi connectivity index (χ4v) is 3.32. The number of rotatable bonds is 4. The van der Waals surface area contributed by atoms with Gasteiger partial charge in [-0.25, -0.2) is 0 Å². The van der Waals surface area contributed by atoms with Gasteiger partial charge in [0.15, 0.2) is 0 Å². The Balaban J connectivity index is 1.66. The van der Waals surface area contributed by atoms with E-state index in [1.807, 2.05) is 48.5 Å². The summed E-state index contributed by atoms with van der Waals surface area (Å²) in [6.07, 6.45) is -3.61. The minimum atomic E-state index is -4.20. The molecule has 1 atom stereocenters. The van der Waals surface area contributed by atoms with Crippen LogP contribution in [0.2, 0.25) is 0 Å². The van der Waals surface area contributed by atoms with Crippen LogP contribution in [0, 0.1) is 5.92 Å². The van der Waals surface area contributed by atoms with Crippen LogP contribution >= 0.6 is 0 Å². The maximum atomic E-state index is 12.9. The largest absolute Gasteiger partial charge is 0.393 e. The van der Waals surface area contributed by atoms with Gasteiger partial charge in [-0.1, -0.05) is 48.5 Å².